The highest BCUT2D eigenvalue weighted by Crippen LogP contribution is 2.38. The van der Waals surface area contributed by atoms with Crippen LogP contribution in [0.4, 0.5) is 4.39 Å². The predicted molar refractivity (Wildman–Crippen MR) is 56.7 cm³/mol. The molecule has 1 aromatic heterocycles. The fraction of sp³-hybridized carbons (Fsp3) is 0. The smallest absolute Gasteiger partial charge is 0.133 e. The minimum absolute atomic E-state index is 0.209. The molecule has 0 fully saturated rings. The number of hydrogen-bond donors (Lipinski definition) is 1. The van der Waals surface area contributed by atoms with Gasteiger partial charge in [0.25, 0.3) is 0 Å². The van der Waals surface area contributed by atoms with Crippen molar-refractivity contribution in [2.75, 3.05) is 0 Å². The number of thiophene rings is 1. The molecule has 0 nitrogen and oxygen atoms in total. The lowest BCUT2D eigenvalue weighted by Gasteiger charge is -1.91. The van der Waals surface area contributed by atoms with Crippen molar-refractivity contribution in [3.63, 3.8) is 0 Å². The molecule has 0 unspecified atom stereocenters. The van der Waals surface area contributed by atoms with Crippen LogP contribution in [0, 0.1) is 5.82 Å². The topological polar surface area (TPSA) is 0 Å². The predicted octanol–water partition coefficient (Wildman–Crippen LogP) is 4.09. The van der Waals surface area contributed by atoms with Crippen molar-refractivity contribution < 1.29 is 4.39 Å². The second-order valence-corrected chi connectivity index (χ2v) is 5.15. The normalized spacial score (nSPS) is 10.9. The van der Waals surface area contributed by atoms with E-state index in [1.54, 1.807) is 6.07 Å². The molecule has 4 heteroatoms. The zero-order valence-corrected chi connectivity index (χ0v) is 9.14. The lowest BCUT2D eigenvalue weighted by atomic mass is 10.2. The third kappa shape index (κ3) is 1.18. The molecule has 0 N–H and O–H groups in total. The molecule has 1 heterocycles. The van der Waals surface area contributed by atoms with Gasteiger partial charge in [-0.3, -0.25) is 0 Å². The van der Waals surface area contributed by atoms with Crippen molar-refractivity contribution in [1.29, 1.82) is 0 Å². The molecule has 0 bridgehead atoms. The van der Waals surface area contributed by atoms with Crippen LogP contribution in [0.3, 0.4) is 0 Å². The first-order valence-electron chi connectivity index (χ1n) is 3.25. The van der Waals surface area contributed by atoms with Crippen LogP contribution in [0.5, 0.6) is 0 Å². The van der Waals surface area contributed by atoms with Crippen LogP contribution in [0.15, 0.2) is 26.9 Å². The van der Waals surface area contributed by atoms with Gasteiger partial charge in [0.15, 0.2) is 0 Å². The minimum Gasteiger partial charge on any atom is -0.206 e. The van der Waals surface area contributed by atoms with Gasteiger partial charge in [0.2, 0.25) is 0 Å². The molecule has 62 valence electrons. The minimum atomic E-state index is -0.209. The quantitative estimate of drug-likeness (QED) is 0.680. The molecule has 0 aliphatic rings. The summed E-state index contributed by atoms with van der Waals surface area (Å²) in [6, 6.07) is 5.03. The highest BCUT2D eigenvalue weighted by Gasteiger charge is 2.09. The summed E-state index contributed by atoms with van der Waals surface area (Å²) < 4.78 is 15.0. The fourth-order valence-corrected chi connectivity index (χ4v) is 3.06. The van der Waals surface area contributed by atoms with Gasteiger partial charge in [0.05, 0.1) is 3.79 Å². The van der Waals surface area contributed by atoms with Crippen molar-refractivity contribution in [3.05, 3.63) is 27.8 Å². The maximum absolute atomic E-state index is 13.2. The summed E-state index contributed by atoms with van der Waals surface area (Å²) in [6.07, 6.45) is 0. The molecule has 0 radical (unpaired) electrons. The molecular formula is C8H4BrFS2. The first-order chi connectivity index (χ1) is 5.70. The second kappa shape index (κ2) is 3.01. The molecular weight excluding hydrogens is 259 g/mol. The van der Waals surface area contributed by atoms with E-state index in [4.69, 9.17) is 0 Å². The third-order valence-corrected chi connectivity index (χ3v) is 4.33. The summed E-state index contributed by atoms with van der Waals surface area (Å²) in [6.45, 7) is 0. The Labute approximate surface area is 86.9 Å². The molecule has 0 amide bonds. The van der Waals surface area contributed by atoms with E-state index in [0.29, 0.717) is 10.3 Å². The number of hydrogen-bond acceptors (Lipinski definition) is 2. The van der Waals surface area contributed by atoms with E-state index in [0.717, 1.165) is 8.49 Å². The van der Waals surface area contributed by atoms with E-state index in [9.17, 15) is 4.39 Å². The molecule has 0 aliphatic carbocycles. The number of rotatable bonds is 0. The van der Waals surface area contributed by atoms with Gasteiger partial charge in [-0.15, -0.1) is 24.0 Å². The second-order valence-electron chi connectivity index (χ2n) is 2.34. The number of fused-ring (bicyclic) bond motifs is 1. The average molecular weight is 263 g/mol. The summed E-state index contributed by atoms with van der Waals surface area (Å²) in [7, 11) is 0. The van der Waals surface area contributed by atoms with Crippen molar-refractivity contribution in [2.24, 2.45) is 0 Å². The number of benzene rings is 1. The van der Waals surface area contributed by atoms with E-state index in [-0.39, 0.29) is 5.82 Å². The first kappa shape index (κ1) is 8.53. The van der Waals surface area contributed by atoms with Crippen LogP contribution in [0.1, 0.15) is 0 Å². The maximum atomic E-state index is 13.2. The first-order valence-corrected chi connectivity index (χ1v) is 5.31. The van der Waals surface area contributed by atoms with Crippen molar-refractivity contribution in [3.8, 4) is 0 Å². The van der Waals surface area contributed by atoms with Crippen molar-refractivity contribution in [2.45, 2.75) is 4.90 Å². The van der Waals surface area contributed by atoms with Crippen LogP contribution in [-0.2, 0) is 0 Å². The molecule has 0 aliphatic heterocycles. The maximum Gasteiger partial charge on any atom is 0.133 e. The largest absolute Gasteiger partial charge is 0.206 e. The summed E-state index contributed by atoms with van der Waals surface area (Å²) in [4.78, 5) is 0.688. The van der Waals surface area contributed by atoms with Gasteiger partial charge in [-0.2, -0.15) is 0 Å². The molecule has 0 saturated carbocycles. The number of halogens is 2. The lowest BCUT2D eigenvalue weighted by Crippen LogP contribution is -1.73. The van der Waals surface area contributed by atoms with Gasteiger partial charge < -0.3 is 0 Å². The summed E-state index contributed by atoms with van der Waals surface area (Å²) in [5.41, 5.74) is 0. The highest BCUT2D eigenvalue weighted by molar-refractivity contribution is 9.11. The Morgan fingerprint density at radius 2 is 2.17 bits per heavy atom. The summed E-state index contributed by atoms with van der Waals surface area (Å²) in [5, 5.41) is 0.609. The fourth-order valence-electron chi connectivity index (χ4n) is 1.06. The zero-order valence-electron chi connectivity index (χ0n) is 5.84. The highest BCUT2D eigenvalue weighted by atomic mass is 79.9. The van der Waals surface area contributed by atoms with Crippen LogP contribution in [0.25, 0.3) is 10.1 Å². The molecule has 2 rings (SSSR count). The lowest BCUT2D eigenvalue weighted by molar-refractivity contribution is 0.638. The van der Waals surface area contributed by atoms with Gasteiger partial charge in [0.1, 0.15) is 5.82 Å². The van der Waals surface area contributed by atoms with E-state index in [1.165, 1.54) is 17.4 Å². The van der Waals surface area contributed by atoms with Crippen molar-refractivity contribution in [1.82, 2.24) is 0 Å². The monoisotopic (exact) mass is 262 g/mol. The van der Waals surface area contributed by atoms with E-state index in [2.05, 4.69) is 28.6 Å². The molecule has 0 spiro atoms. The molecule has 0 atom stereocenters. The summed E-state index contributed by atoms with van der Waals surface area (Å²) in [5.74, 6) is -0.209. The Morgan fingerprint density at radius 3 is 2.83 bits per heavy atom. The molecule has 2 aromatic rings. The van der Waals surface area contributed by atoms with Crippen LogP contribution < -0.4 is 0 Å². The Kier molecular flexibility index (Phi) is 2.14. The summed E-state index contributed by atoms with van der Waals surface area (Å²) >= 11 is 9.02. The van der Waals surface area contributed by atoms with Crippen LogP contribution in [0.2, 0.25) is 0 Å². The van der Waals surface area contributed by atoms with Gasteiger partial charge in [0, 0.05) is 15.0 Å². The molecule has 1 aromatic carbocycles. The van der Waals surface area contributed by atoms with Crippen LogP contribution in [-0.4, -0.2) is 0 Å². The van der Waals surface area contributed by atoms with Crippen molar-refractivity contribution >= 4 is 50.0 Å². The molecule has 0 saturated heterocycles. The third-order valence-electron chi connectivity index (χ3n) is 1.60. The van der Waals surface area contributed by atoms with E-state index in [1.807, 2.05) is 6.07 Å². The Hall–Kier alpha value is -0.0600. The van der Waals surface area contributed by atoms with E-state index >= 15 is 0 Å². The average Bonchev–Trinajstić information content (AvgIpc) is 2.29. The SMILES string of the molecule is Fc1cccc2sc(Br)c(S)c12. The number of thiol groups is 1. The van der Waals surface area contributed by atoms with Gasteiger partial charge in [-0.25, -0.2) is 4.39 Å². The van der Waals surface area contributed by atoms with Crippen LogP contribution >= 0.6 is 39.9 Å². The van der Waals surface area contributed by atoms with Gasteiger partial charge >= 0.3 is 0 Å². The standard InChI is InChI=1S/C8H4BrFS2/c9-8-7(11)6-4(10)2-1-3-5(6)12-8/h1-3,11H. The molecule has 12 heavy (non-hydrogen) atoms. The van der Waals surface area contributed by atoms with Gasteiger partial charge in [-0.05, 0) is 28.1 Å². The Balaban J connectivity index is 2.97. The Morgan fingerprint density at radius 1 is 1.42 bits per heavy atom. The van der Waals surface area contributed by atoms with Gasteiger partial charge in [-0.1, -0.05) is 6.07 Å². The Bertz CT molecular complexity index is 436. The zero-order chi connectivity index (χ0) is 8.72. The van der Waals surface area contributed by atoms with E-state index < -0.39 is 0 Å².